The maximum atomic E-state index is 12.7. The molecule has 0 spiro atoms. The van der Waals surface area contributed by atoms with Crippen molar-refractivity contribution in [2.75, 3.05) is 16.8 Å². The van der Waals surface area contributed by atoms with Crippen LogP contribution in [0.25, 0.3) is 0 Å². The van der Waals surface area contributed by atoms with Gasteiger partial charge in [-0.1, -0.05) is 0 Å². The lowest BCUT2D eigenvalue weighted by Gasteiger charge is -2.18. The molecule has 2 heterocycles. The Morgan fingerprint density at radius 1 is 1.21 bits per heavy atom. The second-order valence-corrected chi connectivity index (χ2v) is 7.82. The SMILES string of the molecule is CCN1C(=O)C(C)(C)c2cc(NC(=O)Cc3ncn(C)c(=O)c3C)cc(C)c21. The fourth-order valence-corrected chi connectivity index (χ4v) is 3.77. The summed E-state index contributed by atoms with van der Waals surface area (Å²) in [4.78, 5) is 43.3. The second kappa shape index (κ2) is 6.89. The number of anilines is 2. The Balaban J connectivity index is 1.89. The smallest absolute Gasteiger partial charge is 0.256 e. The number of benzene rings is 1. The van der Waals surface area contributed by atoms with Gasteiger partial charge in [-0.15, -0.1) is 0 Å². The number of hydrogen-bond donors (Lipinski definition) is 1. The highest BCUT2D eigenvalue weighted by Gasteiger charge is 2.44. The van der Waals surface area contributed by atoms with Crippen molar-refractivity contribution in [2.24, 2.45) is 7.05 Å². The van der Waals surface area contributed by atoms with Crippen molar-refractivity contribution in [3.63, 3.8) is 0 Å². The Labute approximate surface area is 164 Å². The van der Waals surface area contributed by atoms with Gasteiger partial charge >= 0.3 is 0 Å². The highest BCUT2D eigenvalue weighted by molar-refractivity contribution is 6.09. The molecule has 1 N–H and O–H groups in total. The molecule has 0 saturated heterocycles. The second-order valence-electron chi connectivity index (χ2n) is 7.82. The first-order valence-corrected chi connectivity index (χ1v) is 9.36. The first-order valence-electron chi connectivity index (χ1n) is 9.36. The lowest BCUT2D eigenvalue weighted by molar-refractivity contribution is -0.122. The zero-order chi connectivity index (χ0) is 20.8. The molecule has 1 aromatic carbocycles. The van der Waals surface area contributed by atoms with Crippen LogP contribution in [0.4, 0.5) is 11.4 Å². The van der Waals surface area contributed by atoms with Crippen LogP contribution >= 0.6 is 0 Å². The molecule has 2 aromatic rings. The standard InChI is InChI=1S/C21H26N4O3/c1-7-25-18-12(2)8-14(9-15(18)21(4,5)20(25)28)23-17(26)10-16-13(3)19(27)24(6)11-22-16/h8-9,11H,7,10H2,1-6H3,(H,23,26). The van der Waals surface area contributed by atoms with E-state index in [0.29, 0.717) is 23.5 Å². The van der Waals surface area contributed by atoms with Gasteiger partial charge < -0.3 is 14.8 Å². The largest absolute Gasteiger partial charge is 0.326 e. The van der Waals surface area contributed by atoms with Crippen LogP contribution in [0.3, 0.4) is 0 Å². The van der Waals surface area contributed by atoms with Crippen LogP contribution in [0, 0.1) is 13.8 Å². The summed E-state index contributed by atoms with van der Waals surface area (Å²) in [7, 11) is 1.63. The number of aryl methyl sites for hydroxylation is 2. The summed E-state index contributed by atoms with van der Waals surface area (Å²) < 4.78 is 1.39. The van der Waals surface area contributed by atoms with E-state index in [-0.39, 0.29) is 23.8 Å². The van der Waals surface area contributed by atoms with Crippen LogP contribution in [0.5, 0.6) is 0 Å². The van der Waals surface area contributed by atoms with Crippen LogP contribution in [0.15, 0.2) is 23.3 Å². The average molecular weight is 382 g/mol. The highest BCUT2D eigenvalue weighted by Crippen LogP contribution is 2.44. The van der Waals surface area contributed by atoms with Crippen molar-refractivity contribution >= 4 is 23.2 Å². The van der Waals surface area contributed by atoms with Crippen molar-refractivity contribution in [3.05, 3.63) is 51.2 Å². The van der Waals surface area contributed by atoms with Gasteiger partial charge in [-0.2, -0.15) is 0 Å². The van der Waals surface area contributed by atoms with E-state index in [1.807, 2.05) is 39.8 Å². The van der Waals surface area contributed by atoms with E-state index < -0.39 is 5.41 Å². The molecule has 7 heteroatoms. The Bertz CT molecular complexity index is 1040. The maximum Gasteiger partial charge on any atom is 0.256 e. The molecule has 148 valence electrons. The fourth-order valence-electron chi connectivity index (χ4n) is 3.77. The summed E-state index contributed by atoms with van der Waals surface area (Å²) in [6.07, 6.45) is 1.44. The number of carbonyl (C=O) groups is 2. The van der Waals surface area contributed by atoms with E-state index >= 15 is 0 Å². The summed E-state index contributed by atoms with van der Waals surface area (Å²) in [6, 6.07) is 3.75. The molecule has 1 aliphatic rings. The third kappa shape index (κ3) is 3.10. The van der Waals surface area contributed by atoms with Crippen molar-refractivity contribution in [1.29, 1.82) is 0 Å². The predicted molar refractivity (Wildman–Crippen MR) is 109 cm³/mol. The molecule has 1 aromatic heterocycles. The molecule has 0 aliphatic carbocycles. The third-order valence-corrected chi connectivity index (χ3v) is 5.41. The number of rotatable bonds is 4. The lowest BCUT2D eigenvalue weighted by Crippen LogP contribution is -2.36. The van der Waals surface area contributed by atoms with Crippen molar-refractivity contribution in [1.82, 2.24) is 9.55 Å². The number of aromatic nitrogens is 2. The van der Waals surface area contributed by atoms with Crippen LogP contribution in [0.1, 0.15) is 43.2 Å². The predicted octanol–water partition coefficient (Wildman–Crippen LogP) is 2.22. The van der Waals surface area contributed by atoms with E-state index in [4.69, 9.17) is 0 Å². The molecule has 0 saturated carbocycles. The minimum atomic E-state index is -0.638. The third-order valence-electron chi connectivity index (χ3n) is 5.41. The first kappa shape index (κ1) is 19.8. The average Bonchev–Trinajstić information content (AvgIpc) is 2.82. The summed E-state index contributed by atoms with van der Waals surface area (Å²) in [5, 5.41) is 2.89. The molecule has 0 bridgehead atoms. The molecule has 2 amide bonds. The van der Waals surface area contributed by atoms with Crippen LogP contribution in [-0.4, -0.2) is 27.9 Å². The first-order chi connectivity index (χ1) is 13.1. The van der Waals surface area contributed by atoms with Crippen molar-refractivity contribution in [2.45, 2.75) is 46.5 Å². The number of amides is 2. The normalized spacial score (nSPS) is 14.9. The zero-order valence-corrected chi connectivity index (χ0v) is 17.2. The molecule has 7 nitrogen and oxygen atoms in total. The summed E-state index contributed by atoms with van der Waals surface area (Å²) >= 11 is 0. The number of nitrogens with zero attached hydrogens (tertiary/aromatic N) is 3. The Kier molecular flexibility index (Phi) is 4.87. The number of carbonyl (C=O) groups excluding carboxylic acids is 2. The van der Waals surface area contributed by atoms with Crippen LogP contribution in [0.2, 0.25) is 0 Å². The van der Waals surface area contributed by atoms with Gasteiger partial charge in [0.25, 0.3) is 5.56 Å². The molecule has 1 aliphatic heterocycles. The molecular weight excluding hydrogens is 356 g/mol. The van der Waals surface area contributed by atoms with Crippen LogP contribution in [-0.2, 0) is 28.5 Å². The molecule has 0 unspecified atom stereocenters. The maximum absolute atomic E-state index is 12.7. The Morgan fingerprint density at radius 3 is 2.54 bits per heavy atom. The van der Waals surface area contributed by atoms with Gasteiger partial charge in [-0.25, -0.2) is 4.98 Å². The Morgan fingerprint density at radius 2 is 1.89 bits per heavy atom. The van der Waals surface area contributed by atoms with E-state index in [9.17, 15) is 14.4 Å². The number of likely N-dealkylation sites (N-methyl/N-ethyl adjacent to an activating group) is 1. The van der Waals surface area contributed by atoms with Gasteiger partial charge in [-0.3, -0.25) is 14.4 Å². The molecule has 0 atom stereocenters. The van der Waals surface area contributed by atoms with Crippen LogP contribution < -0.4 is 15.8 Å². The van der Waals surface area contributed by atoms with Gasteiger partial charge in [0.05, 0.1) is 29.5 Å². The van der Waals surface area contributed by atoms with E-state index in [1.165, 1.54) is 10.9 Å². The highest BCUT2D eigenvalue weighted by atomic mass is 16.2. The summed E-state index contributed by atoms with van der Waals surface area (Å²) in [5.74, 6) is -0.186. The molecule has 3 rings (SSSR count). The van der Waals surface area contributed by atoms with Crippen molar-refractivity contribution in [3.8, 4) is 0 Å². The summed E-state index contributed by atoms with van der Waals surface area (Å²) in [5.41, 5.74) is 3.56. The molecule has 0 radical (unpaired) electrons. The number of fused-ring (bicyclic) bond motifs is 1. The quantitative estimate of drug-likeness (QED) is 0.879. The van der Waals surface area contributed by atoms with Gasteiger partial charge in [0.1, 0.15) is 0 Å². The number of hydrogen-bond acceptors (Lipinski definition) is 4. The number of nitrogens with one attached hydrogen (secondary N) is 1. The topological polar surface area (TPSA) is 84.3 Å². The zero-order valence-electron chi connectivity index (χ0n) is 17.2. The molecule has 0 fully saturated rings. The van der Waals surface area contributed by atoms with Gasteiger partial charge in [0, 0.05) is 24.8 Å². The van der Waals surface area contributed by atoms with E-state index in [2.05, 4.69) is 10.3 Å². The van der Waals surface area contributed by atoms with Crippen molar-refractivity contribution < 1.29 is 9.59 Å². The minimum Gasteiger partial charge on any atom is -0.326 e. The monoisotopic (exact) mass is 382 g/mol. The fraction of sp³-hybridized carbons (Fsp3) is 0.429. The Hall–Kier alpha value is -2.96. The minimum absolute atomic E-state index is 0.0153. The van der Waals surface area contributed by atoms with Gasteiger partial charge in [0.2, 0.25) is 11.8 Å². The van der Waals surface area contributed by atoms with Gasteiger partial charge in [0.15, 0.2) is 0 Å². The van der Waals surface area contributed by atoms with Gasteiger partial charge in [-0.05, 0) is 57.9 Å². The molecule has 28 heavy (non-hydrogen) atoms. The van der Waals surface area contributed by atoms with E-state index in [1.54, 1.807) is 18.9 Å². The molecular formula is C21H26N4O3. The lowest BCUT2D eigenvalue weighted by atomic mass is 9.85. The summed E-state index contributed by atoms with van der Waals surface area (Å²) in [6.45, 7) is 9.99. The van der Waals surface area contributed by atoms with E-state index in [0.717, 1.165) is 16.8 Å².